The summed E-state index contributed by atoms with van der Waals surface area (Å²) in [6, 6.07) is 15.2. The largest absolute Gasteiger partial charge is 0.486 e. The molecule has 1 amide bonds. The van der Waals surface area contributed by atoms with Gasteiger partial charge in [-0.1, -0.05) is 53.2 Å². The summed E-state index contributed by atoms with van der Waals surface area (Å²) >= 11 is 8.48. The first-order chi connectivity index (χ1) is 15.0. The maximum atomic E-state index is 12.3. The van der Waals surface area contributed by atoms with Crippen molar-refractivity contribution >= 4 is 45.7 Å². The lowest BCUT2D eigenvalue weighted by molar-refractivity contribution is -0.113. The second-order valence-corrected chi connectivity index (χ2v) is 8.79. The lowest BCUT2D eigenvalue weighted by Crippen LogP contribution is -2.13. The Hall–Kier alpha value is -2.88. The van der Waals surface area contributed by atoms with Crippen LogP contribution in [0.1, 0.15) is 11.4 Å². The molecule has 2 N–H and O–H groups in total. The van der Waals surface area contributed by atoms with Crippen molar-refractivity contribution in [1.29, 1.82) is 0 Å². The molecule has 4 rings (SSSR count). The third-order valence-corrected chi connectivity index (χ3v) is 5.99. The number of amides is 1. The number of thioether (sulfide) groups is 1. The first-order valence-electron chi connectivity index (χ1n) is 9.30. The van der Waals surface area contributed by atoms with Gasteiger partial charge in [0.05, 0.1) is 11.4 Å². The van der Waals surface area contributed by atoms with Crippen LogP contribution in [-0.4, -0.2) is 31.8 Å². The zero-order valence-corrected chi connectivity index (χ0v) is 18.9. The number of halogens is 1. The van der Waals surface area contributed by atoms with Crippen LogP contribution in [0.15, 0.2) is 59.1 Å². The standard InChI is InChI=1S/C21H18ClN5O2S2/c1-13-2-4-14(5-3-13)17-11-30-20(23-17)25-19(28)12-31-21-24-18(26-27-21)10-29-16-8-6-15(22)7-9-16/h2-9,11H,10,12H2,1H3,(H,23,25,28)(H,24,26,27). The molecule has 4 aromatic rings. The molecule has 0 aliphatic carbocycles. The Bertz CT molecular complexity index is 1160. The highest BCUT2D eigenvalue weighted by molar-refractivity contribution is 7.99. The number of thiazole rings is 1. The third-order valence-electron chi connectivity index (χ3n) is 4.13. The number of hydrogen-bond acceptors (Lipinski definition) is 7. The Kier molecular flexibility index (Phi) is 6.86. The van der Waals surface area contributed by atoms with Crippen LogP contribution in [0.2, 0.25) is 5.02 Å². The molecule has 0 fully saturated rings. The van der Waals surface area contributed by atoms with E-state index >= 15 is 0 Å². The Labute approximate surface area is 192 Å². The predicted octanol–water partition coefficient (Wildman–Crippen LogP) is 5.20. The summed E-state index contributed by atoms with van der Waals surface area (Å²) in [5, 5.41) is 13.3. The molecular formula is C21H18ClN5O2S2. The number of carbonyl (C=O) groups is 1. The molecule has 0 atom stereocenters. The number of rotatable bonds is 8. The van der Waals surface area contributed by atoms with E-state index in [1.807, 2.05) is 36.6 Å². The van der Waals surface area contributed by atoms with Crippen LogP contribution >= 0.6 is 34.7 Å². The van der Waals surface area contributed by atoms with Crippen LogP contribution in [0.5, 0.6) is 5.75 Å². The Balaban J connectivity index is 1.25. The number of anilines is 1. The average molecular weight is 472 g/mol. The van der Waals surface area contributed by atoms with Crippen molar-refractivity contribution < 1.29 is 9.53 Å². The molecular weight excluding hydrogens is 454 g/mol. The van der Waals surface area contributed by atoms with Crippen LogP contribution in [0, 0.1) is 6.92 Å². The summed E-state index contributed by atoms with van der Waals surface area (Å²) in [5.74, 6) is 1.26. The number of nitrogens with zero attached hydrogens (tertiary/aromatic N) is 3. The third kappa shape index (κ3) is 6.06. The molecule has 0 spiro atoms. The minimum Gasteiger partial charge on any atom is -0.486 e. The quantitative estimate of drug-likeness (QED) is 0.343. The number of nitrogens with one attached hydrogen (secondary N) is 2. The smallest absolute Gasteiger partial charge is 0.236 e. The van der Waals surface area contributed by atoms with Gasteiger partial charge < -0.3 is 10.1 Å². The molecule has 158 valence electrons. The van der Waals surface area contributed by atoms with Gasteiger partial charge in [-0.25, -0.2) is 9.97 Å². The summed E-state index contributed by atoms with van der Waals surface area (Å²) in [6.45, 7) is 2.28. The fourth-order valence-electron chi connectivity index (χ4n) is 2.56. The number of ether oxygens (including phenoxy) is 1. The molecule has 0 unspecified atom stereocenters. The van der Waals surface area contributed by atoms with Crippen molar-refractivity contribution in [3.63, 3.8) is 0 Å². The van der Waals surface area contributed by atoms with E-state index in [1.54, 1.807) is 24.3 Å². The van der Waals surface area contributed by atoms with E-state index in [4.69, 9.17) is 16.3 Å². The summed E-state index contributed by atoms with van der Waals surface area (Å²) < 4.78 is 5.62. The molecule has 10 heteroatoms. The number of aromatic amines is 1. The van der Waals surface area contributed by atoms with Gasteiger partial charge in [0.2, 0.25) is 11.1 Å². The number of aryl methyl sites for hydroxylation is 1. The van der Waals surface area contributed by atoms with E-state index in [-0.39, 0.29) is 18.3 Å². The SMILES string of the molecule is Cc1ccc(-c2csc(NC(=O)CSc3n[nH]c(COc4ccc(Cl)cc4)n3)n2)cc1. The molecule has 0 radical (unpaired) electrons. The zero-order valence-electron chi connectivity index (χ0n) is 16.5. The fourth-order valence-corrected chi connectivity index (χ4v) is 4.04. The minimum atomic E-state index is -0.168. The predicted molar refractivity (Wildman–Crippen MR) is 124 cm³/mol. The summed E-state index contributed by atoms with van der Waals surface area (Å²) in [6.07, 6.45) is 0. The van der Waals surface area contributed by atoms with Gasteiger partial charge in [0.1, 0.15) is 12.4 Å². The van der Waals surface area contributed by atoms with Gasteiger partial charge in [-0.2, -0.15) is 0 Å². The molecule has 2 aromatic carbocycles. The van der Waals surface area contributed by atoms with Crippen molar-refractivity contribution in [3.05, 3.63) is 70.3 Å². The van der Waals surface area contributed by atoms with Crippen molar-refractivity contribution in [1.82, 2.24) is 20.2 Å². The van der Waals surface area contributed by atoms with Crippen LogP contribution in [0.3, 0.4) is 0 Å². The number of carbonyl (C=O) groups excluding carboxylic acids is 1. The minimum absolute atomic E-state index is 0.168. The highest BCUT2D eigenvalue weighted by atomic mass is 35.5. The zero-order chi connectivity index (χ0) is 21.6. The normalized spacial score (nSPS) is 10.8. The second-order valence-electron chi connectivity index (χ2n) is 6.55. The summed E-state index contributed by atoms with van der Waals surface area (Å²) in [7, 11) is 0. The number of aromatic nitrogens is 4. The number of benzene rings is 2. The van der Waals surface area contributed by atoms with Gasteiger partial charge in [0.25, 0.3) is 0 Å². The first kappa shape index (κ1) is 21.4. The molecule has 2 heterocycles. The second kappa shape index (κ2) is 9.95. The maximum absolute atomic E-state index is 12.3. The molecule has 0 aliphatic heterocycles. The van der Waals surface area contributed by atoms with Crippen LogP contribution in [0.25, 0.3) is 11.3 Å². The van der Waals surface area contributed by atoms with E-state index in [1.165, 1.54) is 28.7 Å². The van der Waals surface area contributed by atoms with Gasteiger partial charge >= 0.3 is 0 Å². The fraction of sp³-hybridized carbons (Fsp3) is 0.143. The Morgan fingerprint density at radius 1 is 1.16 bits per heavy atom. The molecule has 31 heavy (non-hydrogen) atoms. The Morgan fingerprint density at radius 2 is 1.94 bits per heavy atom. The lowest BCUT2D eigenvalue weighted by atomic mass is 10.1. The van der Waals surface area contributed by atoms with E-state index in [9.17, 15) is 4.79 Å². The van der Waals surface area contributed by atoms with E-state index in [2.05, 4.69) is 25.5 Å². The molecule has 2 aromatic heterocycles. The topological polar surface area (TPSA) is 92.8 Å². The van der Waals surface area contributed by atoms with Crippen LogP contribution in [-0.2, 0) is 11.4 Å². The summed E-state index contributed by atoms with van der Waals surface area (Å²) in [5.41, 5.74) is 3.05. The highest BCUT2D eigenvalue weighted by Crippen LogP contribution is 2.25. The van der Waals surface area contributed by atoms with Crippen molar-refractivity contribution in [3.8, 4) is 17.0 Å². The van der Waals surface area contributed by atoms with Crippen molar-refractivity contribution in [2.45, 2.75) is 18.7 Å². The average Bonchev–Trinajstić information content (AvgIpc) is 3.42. The van der Waals surface area contributed by atoms with Gasteiger partial charge in [-0.3, -0.25) is 9.89 Å². The van der Waals surface area contributed by atoms with E-state index < -0.39 is 0 Å². The van der Waals surface area contributed by atoms with E-state index in [0.717, 1.165) is 11.3 Å². The molecule has 0 aliphatic rings. The molecule has 0 saturated heterocycles. The van der Waals surface area contributed by atoms with Crippen molar-refractivity contribution in [2.24, 2.45) is 0 Å². The van der Waals surface area contributed by atoms with Crippen LogP contribution < -0.4 is 10.1 Å². The highest BCUT2D eigenvalue weighted by Gasteiger charge is 2.11. The van der Waals surface area contributed by atoms with Gasteiger partial charge in [0.15, 0.2) is 11.0 Å². The number of hydrogen-bond donors (Lipinski definition) is 2. The van der Waals surface area contributed by atoms with Crippen molar-refractivity contribution in [2.75, 3.05) is 11.1 Å². The monoisotopic (exact) mass is 471 g/mol. The molecule has 0 saturated carbocycles. The lowest BCUT2D eigenvalue weighted by Gasteiger charge is -2.03. The van der Waals surface area contributed by atoms with E-state index in [0.29, 0.717) is 26.9 Å². The maximum Gasteiger partial charge on any atom is 0.236 e. The van der Waals surface area contributed by atoms with Crippen LogP contribution in [0.4, 0.5) is 5.13 Å². The Morgan fingerprint density at radius 3 is 2.71 bits per heavy atom. The summed E-state index contributed by atoms with van der Waals surface area (Å²) in [4.78, 5) is 21.1. The molecule has 0 bridgehead atoms. The number of H-pyrrole nitrogens is 1. The van der Waals surface area contributed by atoms with Gasteiger partial charge in [0, 0.05) is 16.0 Å². The van der Waals surface area contributed by atoms with Gasteiger partial charge in [-0.15, -0.1) is 16.4 Å². The molecule has 7 nitrogen and oxygen atoms in total. The first-order valence-corrected chi connectivity index (χ1v) is 11.5. The van der Waals surface area contributed by atoms with Gasteiger partial charge in [-0.05, 0) is 31.2 Å².